The number of hydrogen-bond donors (Lipinski definition) is 2. The van der Waals surface area contributed by atoms with E-state index >= 15 is 0 Å². The SMILES string of the molecule is N#CC(c1ccnc(NCCc2ccc(Br)cc2)n1)c1ccc[nH]1. The molecule has 0 saturated carbocycles. The average Bonchev–Trinajstić information content (AvgIpc) is 3.12. The van der Waals surface area contributed by atoms with Gasteiger partial charge in [-0.15, -0.1) is 0 Å². The van der Waals surface area contributed by atoms with Gasteiger partial charge in [-0.2, -0.15) is 5.26 Å². The van der Waals surface area contributed by atoms with Crippen molar-refractivity contribution in [3.8, 4) is 6.07 Å². The minimum Gasteiger partial charge on any atom is -0.364 e. The van der Waals surface area contributed by atoms with Gasteiger partial charge in [-0.3, -0.25) is 0 Å². The Kier molecular flexibility index (Phi) is 5.24. The highest BCUT2D eigenvalue weighted by Crippen LogP contribution is 2.21. The Hall–Kier alpha value is -2.65. The summed E-state index contributed by atoms with van der Waals surface area (Å²) in [6.45, 7) is 0.727. The van der Waals surface area contributed by atoms with Crippen molar-refractivity contribution in [3.05, 3.63) is 76.3 Å². The van der Waals surface area contributed by atoms with E-state index in [0.29, 0.717) is 11.6 Å². The lowest BCUT2D eigenvalue weighted by atomic mass is 10.0. The summed E-state index contributed by atoms with van der Waals surface area (Å²) in [4.78, 5) is 11.8. The van der Waals surface area contributed by atoms with Crippen LogP contribution in [0.4, 0.5) is 5.95 Å². The van der Waals surface area contributed by atoms with E-state index in [-0.39, 0.29) is 0 Å². The minimum absolute atomic E-state index is 0.421. The van der Waals surface area contributed by atoms with Crippen LogP contribution in [0.1, 0.15) is 22.9 Å². The van der Waals surface area contributed by atoms with Crippen molar-refractivity contribution in [1.82, 2.24) is 15.0 Å². The van der Waals surface area contributed by atoms with Crippen LogP contribution in [0.15, 0.2) is 59.3 Å². The maximum Gasteiger partial charge on any atom is 0.222 e. The Morgan fingerprint density at radius 1 is 1.21 bits per heavy atom. The van der Waals surface area contributed by atoms with Crippen LogP contribution in [-0.4, -0.2) is 21.5 Å². The molecule has 24 heavy (non-hydrogen) atoms. The van der Waals surface area contributed by atoms with Crippen LogP contribution in [0.5, 0.6) is 0 Å². The molecule has 1 unspecified atom stereocenters. The molecule has 0 aliphatic heterocycles. The highest BCUT2D eigenvalue weighted by atomic mass is 79.9. The molecule has 0 saturated heterocycles. The van der Waals surface area contributed by atoms with E-state index in [9.17, 15) is 5.26 Å². The molecule has 2 heterocycles. The zero-order chi connectivity index (χ0) is 16.8. The molecule has 0 spiro atoms. The third kappa shape index (κ3) is 4.00. The lowest BCUT2D eigenvalue weighted by Gasteiger charge is -2.09. The van der Waals surface area contributed by atoms with Gasteiger partial charge in [0.15, 0.2) is 0 Å². The zero-order valence-corrected chi connectivity index (χ0v) is 14.5. The molecule has 0 aliphatic rings. The minimum atomic E-state index is -0.421. The second kappa shape index (κ2) is 7.75. The first-order chi connectivity index (χ1) is 11.8. The third-order valence-electron chi connectivity index (χ3n) is 3.65. The lowest BCUT2D eigenvalue weighted by Crippen LogP contribution is -2.10. The van der Waals surface area contributed by atoms with Gasteiger partial charge in [-0.25, -0.2) is 9.97 Å². The number of rotatable bonds is 6. The summed E-state index contributed by atoms with van der Waals surface area (Å²) in [7, 11) is 0. The summed E-state index contributed by atoms with van der Waals surface area (Å²) < 4.78 is 1.07. The van der Waals surface area contributed by atoms with Crippen LogP contribution < -0.4 is 5.32 Å². The monoisotopic (exact) mass is 381 g/mol. The number of nitriles is 1. The molecule has 1 atom stereocenters. The second-order valence-corrected chi connectivity index (χ2v) is 6.21. The summed E-state index contributed by atoms with van der Waals surface area (Å²) in [6, 6.07) is 16.0. The van der Waals surface area contributed by atoms with Crippen LogP contribution in [0.25, 0.3) is 0 Å². The first-order valence-corrected chi connectivity index (χ1v) is 8.40. The number of H-pyrrole nitrogens is 1. The van der Waals surface area contributed by atoms with Crippen LogP contribution in [0, 0.1) is 11.3 Å². The first-order valence-electron chi connectivity index (χ1n) is 7.60. The molecule has 0 aliphatic carbocycles. The first kappa shape index (κ1) is 16.2. The Morgan fingerprint density at radius 2 is 2.04 bits per heavy atom. The number of aromatic nitrogens is 3. The number of anilines is 1. The van der Waals surface area contributed by atoms with Crippen molar-refractivity contribution in [2.24, 2.45) is 0 Å². The number of nitrogens with zero attached hydrogens (tertiary/aromatic N) is 3. The third-order valence-corrected chi connectivity index (χ3v) is 4.17. The van der Waals surface area contributed by atoms with E-state index in [2.05, 4.69) is 54.4 Å². The fraction of sp³-hybridized carbons (Fsp3) is 0.167. The van der Waals surface area contributed by atoms with Gasteiger partial charge < -0.3 is 10.3 Å². The Balaban J connectivity index is 1.65. The van der Waals surface area contributed by atoms with Crippen molar-refractivity contribution >= 4 is 21.9 Å². The molecule has 0 radical (unpaired) electrons. The molecule has 5 nitrogen and oxygen atoms in total. The molecule has 2 aromatic heterocycles. The molecule has 0 fully saturated rings. The molecular formula is C18H16BrN5. The lowest BCUT2D eigenvalue weighted by molar-refractivity contribution is 0.902. The molecular weight excluding hydrogens is 366 g/mol. The van der Waals surface area contributed by atoms with Gasteiger partial charge in [-0.05, 0) is 42.3 Å². The molecule has 3 rings (SSSR count). The van der Waals surface area contributed by atoms with E-state index in [0.717, 1.165) is 23.1 Å². The van der Waals surface area contributed by atoms with Gasteiger partial charge in [-0.1, -0.05) is 28.1 Å². The van der Waals surface area contributed by atoms with Crippen LogP contribution >= 0.6 is 15.9 Å². The zero-order valence-electron chi connectivity index (χ0n) is 12.9. The number of benzene rings is 1. The number of nitrogens with one attached hydrogen (secondary N) is 2. The molecule has 1 aromatic carbocycles. The molecule has 0 bridgehead atoms. The fourth-order valence-corrected chi connectivity index (χ4v) is 2.67. The summed E-state index contributed by atoms with van der Waals surface area (Å²) in [5.74, 6) is 0.117. The highest BCUT2D eigenvalue weighted by molar-refractivity contribution is 9.10. The van der Waals surface area contributed by atoms with E-state index in [1.54, 1.807) is 18.5 Å². The summed E-state index contributed by atoms with van der Waals surface area (Å²) in [6.07, 6.45) is 4.36. The van der Waals surface area contributed by atoms with Crippen molar-refractivity contribution < 1.29 is 0 Å². The van der Waals surface area contributed by atoms with Gasteiger partial charge in [0, 0.05) is 29.1 Å². The quantitative estimate of drug-likeness (QED) is 0.678. The highest BCUT2D eigenvalue weighted by Gasteiger charge is 2.16. The van der Waals surface area contributed by atoms with Crippen LogP contribution in [0.2, 0.25) is 0 Å². The van der Waals surface area contributed by atoms with Gasteiger partial charge in [0.25, 0.3) is 0 Å². The number of halogens is 1. The molecule has 3 aromatic rings. The topological polar surface area (TPSA) is 77.4 Å². The maximum absolute atomic E-state index is 9.43. The predicted octanol–water partition coefficient (Wildman–Crippen LogP) is 3.88. The van der Waals surface area contributed by atoms with Crippen molar-refractivity contribution in [3.63, 3.8) is 0 Å². The average molecular weight is 382 g/mol. The normalized spacial score (nSPS) is 11.7. The van der Waals surface area contributed by atoms with E-state index in [1.807, 2.05) is 24.3 Å². The number of hydrogen-bond acceptors (Lipinski definition) is 4. The van der Waals surface area contributed by atoms with Crippen molar-refractivity contribution in [1.29, 1.82) is 5.26 Å². The summed E-state index contributed by atoms with van der Waals surface area (Å²) in [5, 5.41) is 12.7. The molecule has 2 N–H and O–H groups in total. The Bertz CT molecular complexity index is 821. The van der Waals surface area contributed by atoms with Gasteiger partial charge >= 0.3 is 0 Å². The van der Waals surface area contributed by atoms with E-state index < -0.39 is 5.92 Å². The van der Waals surface area contributed by atoms with Gasteiger partial charge in [0.05, 0.1) is 11.8 Å². The standard InChI is InChI=1S/C18H16BrN5/c19-14-5-3-13(4-6-14)7-10-22-18-23-11-8-17(24-18)15(12-20)16-2-1-9-21-16/h1-6,8-9,11,15,21H,7,10H2,(H,22,23,24). The summed E-state index contributed by atoms with van der Waals surface area (Å²) >= 11 is 3.43. The molecule has 120 valence electrons. The van der Waals surface area contributed by atoms with Gasteiger partial charge in [0.1, 0.15) is 5.92 Å². The van der Waals surface area contributed by atoms with Crippen LogP contribution in [0.3, 0.4) is 0 Å². The smallest absolute Gasteiger partial charge is 0.222 e. The van der Waals surface area contributed by atoms with Crippen LogP contribution in [-0.2, 0) is 6.42 Å². The largest absolute Gasteiger partial charge is 0.364 e. The molecule has 6 heteroatoms. The predicted molar refractivity (Wildman–Crippen MR) is 96.6 cm³/mol. The maximum atomic E-state index is 9.43. The number of aromatic amines is 1. The second-order valence-electron chi connectivity index (χ2n) is 5.30. The Labute approximate surface area is 148 Å². The van der Waals surface area contributed by atoms with E-state index in [4.69, 9.17) is 0 Å². The van der Waals surface area contributed by atoms with Crippen molar-refractivity contribution in [2.45, 2.75) is 12.3 Å². The molecule has 0 amide bonds. The van der Waals surface area contributed by atoms with Gasteiger partial charge in [0.2, 0.25) is 5.95 Å². The van der Waals surface area contributed by atoms with E-state index in [1.165, 1.54) is 5.56 Å². The Morgan fingerprint density at radius 3 is 2.75 bits per heavy atom. The fourth-order valence-electron chi connectivity index (χ4n) is 2.41. The summed E-state index contributed by atoms with van der Waals surface area (Å²) in [5.41, 5.74) is 2.75. The van der Waals surface area contributed by atoms with Crippen molar-refractivity contribution in [2.75, 3.05) is 11.9 Å².